The van der Waals surface area contributed by atoms with E-state index in [2.05, 4.69) is 10.1 Å². The van der Waals surface area contributed by atoms with Gasteiger partial charge in [0.25, 0.3) is 11.8 Å². The number of β-lactam (4-membered cyclic amide) rings is 1. The Hall–Kier alpha value is -2.78. The summed E-state index contributed by atoms with van der Waals surface area (Å²) in [4.78, 5) is 33.6. The Morgan fingerprint density at radius 2 is 1.90 bits per heavy atom. The zero-order valence-corrected chi connectivity index (χ0v) is 18.0. The van der Waals surface area contributed by atoms with Gasteiger partial charge < -0.3 is 19.3 Å². The average molecular weight is 428 g/mol. The number of rotatable bonds is 8. The highest BCUT2D eigenvalue weighted by atomic mass is 16.5. The van der Waals surface area contributed by atoms with E-state index in [4.69, 9.17) is 9.47 Å². The Balaban J connectivity index is 1.41. The van der Waals surface area contributed by atoms with Gasteiger partial charge in [-0.2, -0.15) is 5.10 Å². The average Bonchev–Trinajstić information content (AvgIpc) is 3.30. The van der Waals surface area contributed by atoms with Crippen LogP contribution in [0.5, 0.6) is 0 Å². The predicted molar refractivity (Wildman–Crippen MR) is 112 cm³/mol. The number of carbonyl (C=O) groups excluding carboxylic acids is 2. The summed E-state index contributed by atoms with van der Waals surface area (Å²) in [5.41, 5.74) is 1.49. The number of likely N-dealkylation sites (tertiary alicyclic amines) is 2. The van der Waals surface area contributed by atoms with Crippen LogP contribution in [0.1, 0.15) is 41.9 Å². The van der Waals surface area contributed by atoms with Crippen LogP contribution in [0.25, 0.3) is 0 Å². The third-order valence-electron chi connectivity index (χ3n) is 6.05. The second-order valence-electron chi connectivity index (χ2n) is 7.84. The van der Waals surface area contributed by atoms with Gasteiger partial charge >= 0.3 is 0 Å². The monoisotopic (exact) mass is 427 g/mol. The third-order valence-corrected chi connectivity index (χ3v) is 6.05. The van der Waals surface area contributed by atoms with Gasteiger partial charge in [-0.1, -0.05) is 0 Å². The summed E-state index contributed by atoms with van der Waals surface area (Å²) in [6.07, 6.45) is 6.26. The third kappa shape index (κ3) is 4.33. The van der Waals surface area contributed by atoms with Crippen molar-refractivity contribution in [3.63, 3.8) is 0 Å². The zero-order chi connectivity index (χ0) is 21.8. The Morgan fingerprint density at radius 3 is 2.55 bits per heavy atom. The number of methoxy groups -OCH3 is 1. The van der Waals surface area contributed by atoms with Gasteiger partial charge in [0, 0.05) is 51.4 Å². The molecule has 2 aliphatic heterocycles. The van der Waals surface area contributed by atoms with E-state index in [1.54, 1.807) is 30.3 Å². The molecule has 0 spiro atoms. The van der Waals surface area contributed by atoms with E-state index in [-0.39, 0.29) is 23.9 Å². The molecule has 4 heterocycles. The number of ether oxygens (including phenoxy) is 2. The van der Waals surface area contributed by atoms with Crippen LogP contribution >= 0.6 is 0 Å². The van der Waals surface area contributed by atoms with Crippen LogP contribution in [0.2, 0.25) is 0 Å². The van der Waals surface area contributed by atoms with Crippen LogP contribution in [-0.4, -0.2) is 81.9 Å². The summed E-state index contributed by atoms with van der Waals surface area (Å²) >= 11 is 0. The fraction of sp³-hybridized carbons (Fsp3) is 0.545. The van der Waals surface area contributed by atoms with Crippen molar-refractivity contribution in [1.29, 1.82) is 0 Å². The van der Waals surface area contributed by atoms with Crippen molar-refractivity contribution in [3.8, 4) is 0 Å². The molecule has 0 bridgehead atoms. The molecule has 9 heteroatoms. The molecule has 4 rings (SSSR count). The highest BCUT2D eigenvalue weighted by molar-refractivity contribution is 5.92. The van der Waals surface area contributed by atoms with Crippen molar-refractivity contribution in [2.24, 2.45) is 0 Å². The lowest BCUT2D eigenvalue weighted by atomic mass is 9.86. The van der Waals surface area contributed by atoms with E-state index in [9.17, 15) is 9.59 Å². The van der Waals surface area contributed by atoms with Crippen molar-refractivity contribution in [1.82, 2.24) is 24.6 Å². The van der Waals surface area contributed by atoms with Crippen molar-refractivity contribution in [3.05, 3.63) is 48.0 Å². The van der Waals surface area contributed by atoms with Gasteiger partial charge in [-0.3, -0.25) is 19.3 Å². The number of nitrogens with zero attached hydrogens (tertiary/aromatic N) is 5. The van der Waals surface area contributed by atoms with Gasteiger partial charge in [-0.05, 0) is 43.5 Å². The minimum Gasteiger partial charge on any atom is -0.382 e. The maximum Gasteiger partial charge on any atom is 0.274 e. The number of amides is 2. The number of carbonyl (C=O) groups is 2. The SMILES string of the molecule is CCn1ccc(C(=O)N2CCC(N3C(=O)[C@H](OCCOC)[C@@H]3c3ccncc3)CC2)n1. The largest absolute Gasteiger partial charge is 0.382 e. The first-order valence-electron chi connectivity index (χ1n) is 10.8. The Labute approximate surface area is 181 Å². The summed E-state index contributed by atoms with van der Waals surface area (Å²) in [6.45, 7) is 4.74. The molecule has 0 unspecified atom stereocenters. The van der Waals surface area contributed by atoms with E-state index in [1.165, 1.54) is 0 Å². The molecule has 0 aromatic carbocycles. The summed E-state index contributed by atoms with van der Waals surface area (Å²) in [6, 6.07) is 5.56. The lowest BCUT2D eigenvalue weighted by Gasteiger charge is -2.52. The molecule has 2 aromatic heterocycles. The van der Waals surface area contributed by atoms with E-state index in [0.717, 1.165) is 24.9 Å². The number of aryl methyl sites for hydroxylation is 1. The lowest BCUT2D eigenvalue weighted by Crippen LogP contribution is -2.65. The molecule has 0 aliphatic carbocycles. The van der Waals surface area contributed by atoms with Crippen LogP contribution in [0.4, 0.5) is 0 Å². The standard InChI is InChI=1S/C22H29N5O4/c1-3-26-13-8-18(24-26)21(28)25-11-6-17(7-12-25)27-19(16-4-9-23-10-5-16)20(22(27)29)31-15-14-30-2/h4-5,8-10,13,17,19-20H,3,6-7,11-12,14-15H2,1-2H3/t19-,20+/m0/s1. The van der Waals surface area contributed by atoms with Crippen LogP contribution in [0.3, 0.4) is 0 Å². The number of hydrogen-bond acceptors (Lipinski definition) is 6. The lowest BCUT2D eigenvalue weighted by molar-refractivity contribution is -0.183. The highest BCUT2D eigenvalue weighted by Gasteiger charge is 2.52. The molecule has 31 heavy (non-hydrogen) atoms. The van der Waals surface area contributed by atoms with Crippen LogP contribution in [0.15, 0.2) is 36.8 Å². The van der Waals surface area contributed by atoms with Gasteiger partial charge in [0.15, 0.2) is 6.10 Å². The van der Waals surface area contributed by atoms with Crippen molar-refractivity contribution >= 4 is 11.8 Å². The summed E-state index contributed by atoms with van der Waals surface area (Å²) < 4.78 is 12.6. The van der Waals surface area contributed by atoms with Gasteiger partial charge in [0.05, 0.1) is 19.3 Å². The maximum absolute atomic E-state index is 13.0. The van der Waals surface area contributed by atoms with Gasteiger partial charge in [0.2, 0.25) is 0 Å². The van der Waals surface area contributed by atoms with Gasteiger partial charge in [-0.15, -0.1) is 0 Å². The molecule has 0 saturated carbocycles. The Kier molecular flexibility index (Phi) is 6.62. The number of piperidine rings is 1. The van der Waals surface area contributed by atoms with E-state index >= 15 is 0 Å². The molecule has 0 N–H and O–H groups in total. The smallest absolute Gasteiger partial charge is 0.274 e. The minimum absolute atomic E-state index is 0.00406. The van der Waals surface area contributed by atoms with Gasteiger partial charge in [-0.25, -0.2) is 0 Å². The number of pyridine rings is 1. The highest BCUT2D eigenvalue weighted by Crippen LogP contribution is 2.40. The van der Waals surface area contributed by atoms with Crippen molar-refractivity contribution < 1.29 is 19.1 Å². The molecule has 2 saturated heterocycles. The van der Waals surface area contributed by atoms with Crippen molar-refractivity contribution in [2.75, 3.05) is 33.4 Å². The quantitative estimate of drug-likeness (QED) is 0.469. The molecular weight excluding hydrogens is 398 g/mol. The summed E-state index contributed by atoms with van der Waals surface area (Å²) in [7, 11) is 1.61. The Bertz CT molecular complexity index is 894. The van der Waals surface area contributed by atoms with E-state index < -0.39 is 6.10 Å². The molecule has 9 nitrogen and oxygen atoms in total. The zero-order valence-electron chi connectivity index (χ0n) is 18.0. The first-order chi connectivity index (χ1) is 15.1. The van der Waals surface area contributed by atoms with E-state index in [0.29, 0.717) is 32.0 Å². The molecular formula is C22H29N5O4. The minimum atomic E-state index is -0.504. The Morgan fingerprint density at radius 1 is 1.16 bits per heavy atom. The molecule has 2 amide bonds. The molecule has 2 aromatic rings. The molecule has 2 atom stereocenters. The molecule has 166 valence electrons. The first-order valence-corrected chi connectivity index (χ1v) is 10.8. The molecule has 2 fully saturated rings. The molecule has 2 aliphatic rings. The van der Waals surface area contributed by atoms with E-state index in [1.807, 2.05) is 35.1 Å². The fourth-order valence-electron chi connectivity index (χ4n) is 4.37. The van der Waals surface area contributed by atoms with Crippen molar-refractivity contribution in [2.45, 2.75) is 44.5 Å². The van der Waals surface area contributed by atoms with Crippen LogP contribution in [-0.2, 0) is 20.8 Å². The van der Waals surface area contributed by atoms with Crippen LogP contribution in [0, 0.1) is 0 Å². The first kappa shape index (κ1) is 21.5. The second-order valence-corrected chi connectivity index (χ2v) is 7.84. The normalized spacial score (nSPS) is 21.9. The fourth-order valence-corrected chi connectivity index (χ4v) is 4.37. The maximum atomic E-state index is 13.0. The molecule has 0 radical (unpaired) electrons. The summed E-state index contributed by atoms with van der Waals surface area (Å²) in [5.74, 6) is -0.0450. The topological polar surface area (TPSA) is 89.8 Å². The summed E-state index contributed by atoms with van der Waals surface area (Å²) in [5, 5.41) is 4.32. The second kappa shape index (κ2) is 9.57. The van der Waals surface area contributed by atoms with Crippen LogP contribution < -0.4 is 0 Å². The number of aromatic nitrogens is 3. The number of hydrogen-bond donors (Lipinski definition) is 0. The predicted octanol–water partition coefficient (Wildman–Crippen LogP) is 1.52. The van der Waals surface area contributed by atoms with Gasteiger partial charge in [0.1, 0.15) is 5.69 Å².